The minimum absolute atomic E-state index is 0.192. The Morgan fingerprint density at radius 3 is 2.18 bits per heavy atom. The molecule has 1 N–H and O–H groups in total. The minimum Gasteiger partial charge on any atom is -0.289 e. The first-order chi connectivity index (χ1) is 13.6. The minimum atomic E-state index is -0.313. The van der Waals surface area contributed by atoms with Crippen LogP contribution in [0.5, 0.6) is 0 Å². The van der Waals surface area contributed by atoms with Crippen molar-refractivity contribution in [3.63, 3.8) is 0 Å². The second kappa shape index (κ2) is 6.25. The first kappa shape index (κ1) is 16.6. The van der Waals surface area contributed by atoms with Gasteiger partial charge in [0.15, 0.2) is 11.6 Å². The Labute approximate surface area is 161 Å². The molecule has 28 heavy (non-hydrogen) atoms. The Morgan fingerprint density at radius 2 is 1.39 bits per heavy atom. The molecule has 5 heteroatoms. The summed E-state index contributed by atoms with van der Waals surface area (Å²) in [5, 5.41) is 1.51. The first-order valence-electron chi connectivity index (χ1n) is 9.09. The second-order valence-electron chi connectivity index (χ2n) is 6.93. The van der Waals surface area contributed by atoms with E-state index in [-0.39, 0.29) is 34.2 Å². The fourth-order valence-corrected chi connectivity index (χ4v) is 3.90. The average molecular weight is 368 g/mol. The molecule has 3 aromatic rings. The average Bonchev–Trinajstić information content (AvgIpc) is 2.76. The molecule has 0 saturated heterocycles. The Balaban J connectivity index is 1.57. The topological polar surface area (TPSA) is 66.5 Å². The molecule has 5 nitrogen and oxygen atoms in total. The molecule has 1 heterocycles. The molecular weight excluding hydrogens is 352 g/mol. The molecule has 1 aliphatic carbocycles. The second-order valence-corrected chi connectivity index (χ2v) is 6.93. The smallest absolute Gasteiger partial charge is 0.269 e. The van der Waals surface area contributed by atoms with Gasteiger partial charge >= 0.3 is 0 Å². The van der Waals surface area contributed by atoms with Gasteiger partial charge in [-0.25, -0.2) is 5.43 Å². The Kier molecular flexibility index (Phi) is 3.70. The molecule has 0 spiro atoms. The van der Waals surface area contributed by atoms with Crippen LogP contribution in [0.1, 0.15) is 53.3 Å². The van der Waals surface area contributed by atoms with Crippen molar-refractivity contribution in [2.24, 2.45) is 0 Å². The summed E-state index contributed by atoms with van der Waals surface area (Å²) in [5.74, 6) is -0.824. The summed E-state index contributed by atoms with van der Waals surface area (Å²) in [7, 11) is 0. The number of ketones is 2. The molecule has 3 aromatic carbocycles. The lowest BCUT2D eigenvalue weighted by Gasteiger charge is -2.30. The fraction of sp³-hybridized carbons (Fsp3) is 0.0870. The van der Waals surface area contributed by atoms with Crippen LogP contribution in [0.15, 0.2) is 66.7 Å². The van der Waals surface area contributed by atoms with E-state index in [1.165, 1.54) is 5.01 Å². The largest absolute Gasteiger partial charge is 0.289 e. The maximum absolute atomic E-state index is 13.2. The van der Waals surface area contributed by atoms with Gasteiger partial charge in [-0.2, -0.15) is 0 Å². The van der Waals surface area contributed by atoms with Crippen LogP contribution in [0.2, 0.25) is 0 Å². The third-order valence-corrected chi connectivity index (χ3v) is 5.34. The Hall–Kier alpha value is -3.57. The van der Waals surface area contributed by atoms with Crippen molar-refractivity contribution in [1.82, 2.24) is 10.4 Å². The van der Waals surface area contributed by atoms with Crippen LogP contribution >= 0.6 is 0 Å². The molecule has 0 fully saturated rings. The van der Waals surface area contributed by atoms with Gasteiger partial charge in [-0.3, -0.25) is 19.4 Å². The zero-order valence-corrected chi connectivity index (χ0v) is 14.9. The zero-order chi connectivity index (χ0) is 19.3. The van der Waals surface area contributed by atoms with Gasteiger partial charge in [0.1, 0.15) is 0 Å². The van der Waals surface area contributed by atoms with E-state index in [4.69, 9.17) is 0 Å². The number of hydrogen-bond acceptors (Lipinski definition) is 4. The summed E-state index contributed by atoms with van der Waals surface area (Å²) < 4.78 is 0. The number of amides is 1. The Morgan fingerprint density at radius 1 is 0.750 bits per heavy atom. The first-order valence-corrected chi connectivity index (χ1v) is 9.09. The summed E-state index contributed by atoms with van der Waals surface area (Å²) in [6, 6.07) is 19.5. The molecule has 0 bridgehead atoms. The fourth-order valence-electron chi connectivity index (χ4n) is 3.90. The predicted octanol–water partition coefficient (Wildman–Crippen LogP) is 3.12. The highest BCUT2D eigenvalue weighted by Crippen LogP contribution is 2.30. The van der Waals surface area contributed by atoms with E-state index >= 15 is 0 Å². The zero-order valence-electron chi connectivity index (χ0n) is 14.9. The number of hydrazine groups is 1. The van der Waals surface area contributed by atoms with Gasteiger partial charge in [0, 0.05) is 28.8 Å². The number of nitrogens with one attached hydrogen (secondary N) is 1. The normalized spacial score (nSPS) is 14.9. The molecule has 0 radical (unpaired) electrons. The highest BCUT2D eigenvalue weighted by Gasteiger charge is 2.34. The van der Waals surface area contributed by atoms with Crippen LogP contribution in [-0.2, 0) is 13.1 Å². The van der Waals surface area contributed by atoms with Gasteiger partial charge in [-0.15, -0.1) is 0 Å². The van der Waals surface area contributed by atoms with Crippen molar-refractivity contribution in [3.05, 3.63) is 106 Å². The maximum Gasteiger partial charge on any atom is 0.269 e. The van der Waals surface area contributed by atoms with Gasteiger partial charge in [-0.05, 0) is 17.2 Å². The molecule has 0 unspecified atom stereocenters. The van der Waals surface area contributed by atoms with E-state index in [0.29, 0.717) is 24.2 Å². The lowest BCUT2D eigenvalue weighted by Crippen LogP contribution is -2.45. The molecule has 1 aliphatic heterocycles. The number of rotatable bonds is 1. The number of benzene rings is 3. The molecule has 136 valence electrons. The number of carbonyl (C=O) groups excluding carboxylic acids is 3. The summed E-state index contributed by atoms with van der Waals surface area (Å²) in [5.41, 5.74) is 6.77. The number of fused-ring (bicyclic) bond motifs is 3. The van der Waals surface area contributed by atoms with Crippen LogP contribution in [-0.4, -0.2) is 22.5 Å². The van der Waals surface area contributed by atoms with E-state index in [9.17, 15) is 14.4 Å². The lowest BCUT2D eigenvalue weighted by molar-refractivity contribution is 0.0609. The quantitative estimate of drug-likeness (QED) is 0.561. The third kappa shape index (κ3) is 2.41. The van der Waals surface area contributed by atoms with Crippen LogP contribution in [0.4, 0.5) is 0 Å². The summed E-state index contributed by atoms with van der Waals surface area (Å²) in [4.78, 5) is 39.2. The van der Waals surface area contributed by atoms with Crippen LogP contribution in [0, 0.1) is 0 Å². The number of nitrogens with zero attached hydrogens (tertiary/aromatic N) is 1. The van der Waals surface area contributed by atoms with Crippen LogP contribution in [0.25, 0.3) is 0 Å². The molecular formula is C23H16N2O3. The maximum atomic E-state index is 13.2. The van der Waals surface area contributed by atoms with Crippen LogP contribution in [0.3, 0.4) is 0 Å². The van der Waals surface area contributed by atoms with Crippen molar-refractivity contribution < 1.29 is 14.4 Å². The molecule has 0 saturated carbocycles. The highest BCUT2D eigenvalue weighted by molar-refractivity contribution is 6.30. The summed E-state index contributed by atoms with van der Waals surface area (Å²) >= 11 is 0. The van der Waals surface area contributed by atoms with Crippen molar-refractivity contribution in [2.75, 3.05) is 0 Å². The molecule has 5 rings (SSSR count). The number of hydrogen-bond donors (Lipinski definition) is 1. The molecule has 0 atom stereocenters. The predicted molar refractivity (Wildman–Crippen MR) is 103 cm³/mol. The van der Waals surface area contributed by atoms with Gasteiger partial charge in [-0.1, -0.05) is 60.7 Å². The van der Waals surface area contributed by atoms with Gasteiger partial charge in [0.2, 0.25) is 0 Å². The van der Waals surface area contributed by atoms with E-state index < -0.39 is 0 Å². The van der Waals surface area contributed by atoms with E-state index in [1.54, 1.807) is 42.5 Å². The third-order valence-electron chi connectivity index (χ3n) is 5.34. The number of carbonyl (C=O) groups is 3. The van der Waals surface area contributed by atoms with Gasteiger partial charge < -0.3 is 0 Å². The molecule has 0 aromatic heterocycles. The van der Waals surface area contributed by atoms with Crippen molar-refractivity contribution in [1.29, 1.82) is 0 Å². The van der Waals surface area contributed by atoms with E-state index in [0.717, 1.165) is 11.1 Å². The van der Waals surface area contributed by atoms with Crippen molar-refractivity contribution in [2.45, 2.75) is 13.1 Å². The van der Waals surface area contributed by atoms with Gasteiger partial charge in [0.25, 0.3) is 5.91 Å². The van der Waals surface area contributed by atoms with Crippen molar-refractivity contribution >= 4 is 17.5 Å². The lowest BCUT2D eigenvalue weighted by atomic mass is 9.81. The standard InChI is InChI=1S/C23H16N2O3/c26-21-16-8-3-4-9-17(16)22(27)20-18(21)10-5-11-19(20)23(28)25-13-15-7-2-1-6-14(15)12-24-25/h1-11,24H,12-13H2. The van der Waals surface area contributed by atoms with E-state index in [2.05, 4.69) is 5.43 Å². The van der Waals surface area contributed by atoms with E-state index in [1.807, 2.05) is 24.3 Å². The summed E-state index contributed by atoms with van der Waals surface area (Å²) in [6.07, 6.45) is 0. The summed E-state index contributed by atoms with van der Waals surface area (Å²) in [6.45, 7) is 0.935. The monoisotopic (exact) mass is 368 g/mol. The molecule has 2 aliphatic rings. The van der Waals surface area contributed by atoms with Gasteiger partial charge in [0.05, 0.1) is 12.1 Å². The highest BCUT2D eigenvalue weighted by atomic mass is 16.2. The SMILES string of the molecule is O=C1c2ccccc2C(=O)c2c1cccc2C(=O)N1Cc2ccccc2CN1. The van der Waals surface area contributed by atoms with Crippen molar-refractivity contribution in [3.8, 4) is 0 Å². The Bertz CT molecular complexity index is 1170. The van der Waals surface area contributed by atoms with Crippen LogP contribution < -0.4 is 5.43 Å². The molecule has 1 amide bonds.